The highest BCUT2D eigenvalue weighted by Gasteiger charge is 2.28. The zero-order valence-electron chi connectivity index (χ0n) is 14.4. The Hall–Kier alpha value is -3.04. The van der Waals surface area contributed by atoms with Gasteiger partial charge in [0.2, 0.25) is 5.91 Å². The Morgan fingerprint density at radius 1 is 1.23 bits per heavy atom. The molecule has 2 heterocycles. The van der Waals surface area contributed by atoms with Crippen molar-refractivity contribution in [2.75, 3.05) is 14.2 Å². The topological polar surface area (TPSA) is 65.4 Å². The van der Waals surface area contributed by atoms with Gasteiger partial charge in [0, 0.05) is 32.8 Å². The first-order valence-electron chi connectivity index (χ1n) is 8.18. The van der Waals surface area contributed by atoms with E-state index in [-0.39, 0.29) is 17.9 Å². The normalized spacial score (nSPS) is 17.2. The monoisotopic (exact) mass is 363 g/mol. The summed E-state index contributed by atoms with van der Waals surface area (Å²) >= 11 is 1.73. The molecular formula is C20H17N3O2S. The van der Waals surface area contributed by atoms with E-state index in [0.717, 1.165) is 21.9 Å². The fourth-order valence-corrected chi connectivity index (χ4v) is 4.22. The lowest BCUT2D eigenvalue weighted by Crippen LogP contribution is -2.49. The van der Waals surface area contributed by atoms with Crippen LogP contribution in [0.15, 0.2) is 36.4 Å². The number of nitrogens with zero attached hydrogens (tertiary/aromatic N) is 1. The van der Waals surface area contributed by atoms with Crippen LogP contribution >= 0.6 is 11.3 Å². The van der Waals surface area contributed by atoms with Crippen LogP contribution in [0.5, 0.6) is 0 Å². The van der Waals surface area contributed by atoms with Crippen LogP contribution in [0.2, 0.25) is 0 Å². The molecule has 1 amide bonds. The molecule has 130 valence electrons. The average molecular weight is 363 g/mol. The molecule has 1 aliphatic rings. The van der Waals surface area contributed by atoms with Crippen molar-refractivity contribution in [2.24, 2.45) is 0 Å². The Bertz CT molecular complexity index is 1090. The highest BCUT2D eigenvalue weighted by Crippen LogP contribution is 2.36. The van der Waals surface area contributed by atoms with Crippen molar-refractivity contribution in [2.45, 2.75) is 12.5 Å². The SMILES string of the molecule is COC#Cc1ccc2sc3ccc(C4CC(=O)N(C)C(=N)N4)cc3c2c1. The summed E-state index contributed by atoms with van der Waals surface area (Å²) in [4.78, 5) is 13.4. The van der Waals surface area contributed by atoms with Gasteiger partial charge in [0.05, 0.1) is 19.6 Å². The third-order valence-corrected chi connectivity index (χ3v) is 5.74. The zero-order valence-corrected chi connectivity index (χ0v) is 15.2. The number of guanidine groups is 1. The molecule has 2 aromatic carbocycles. The molecule has 0 radical (unpaired) electrons. The minimum atomic E-state index is -0.179. The number of fused-ring (bicyclic) bond motifs is 3. The van der Waals surface area contributed by atoms with Crippen LogP contribution in [-0.2, 0) is 9.53 Å². The molecule has 4 rings (SSSR count). The van der Waals surface area contributed by atoms with Crippen molar-refractivity contribution in [3.05, 3.63) is 47.5 Å². The van der Waals surface area contributed by atoms with Crippen LogP contribution in [0.25, 0.3) is 20.2 Å². The number of benzene rings is 2. The van der Waals surface area contributed by atoms with Crippen LogP contribution in [0.3, 0.4) is 0 Å². The molecule has 6 heteroatoms. The Morgan fingerprint density at radius 3 is 2.69 bits per heavy atom. The predicted molar refractivity (Wildman–Crippen MR) is 104 cm³/mol. The minimum absolute atomic E-state index is 0.0499. The van der Waals surface area contributed by atoms with Crippen LogP contribution in [-0.4, -0.2) is 30.9 Å². The lowest BCUT2D eigenvalue weighted by atomic mass is 9.99. The number of amides is 1. The fraction of sp³-hybridized carbons (Fsp3) is 0.200. The average Bonchev–Trinajstić information content (AvgIpc) is 3.01. The number of methoxy groups -OCH3 is 1. The highest BCUT2D eigenvalue weighted by molar-refractivity contribution is 7.25. The zero-order chi connectivity index (χ0) is 18.3. The Morgan fingerprint density at radius 2 is 1.96 bits per heavy atom. The van der Waals surface area contributed by atoms with Crippen LogP contribution < -0.4 is 5.32 Å². The maximum atomic E-state index is 12.1. The first-order chi connectivity index (χ1) is 12.6. The molecular weight excluding hydrogens is 346 g/mol. The Kier molecular flexibility index (Phi) is 4.02. The second kappa shape index (κ2) is 6.36. The fourth-order valence-electron chi connectivity index (χ4n) is 3.15. The third kappa shape index (κ3) is 2.76. The second-order valence-corrected chi connectivity index (χ2v) is 7.29. The second-order valence-electron chi connectivity index (χ2n) is 6.20. The Balaban J connectivity index is 1.79. The first-order valence-corrected chi connectivity index (χ1v) is 9.00. The van der Waals surface area contributed by atoms with Crippen molar-refractivity contribution < 1.29 is 9.53 Å². The van der Waals surface area contributed by atoms with E-state index in [4.69, 9.17) is 10.1 Å². The highest BCUT2D eigenvalue weighted by atomic mass is 32.1. The summed E-state index contributed by atoms with van der Waals surface area (Å²) in [5.41, 5.74) is 1.91. The molecule has 0 bridgehead atoms. The number of nitrogens with one attached hydrogen (secondary N) is 2. The van der Waals surface area contributed by atoms with Gasteiger partial charge in [-0.15, -0.1) is 11.3 Å². The van der Waals surface area contributed by atoms with Crippen molar-refractivity contribution in [3.63, 3.8) is 0 Å². The summed E-state index contributed by atoms with van der Waals surface area (Å²) in [6.07, 6.45) is 2.97. The Labute approximate surface area is 155 Å². The number of hydrogen-bond donors (Lipinski definition) is 2. The predicted octanol–water partition coefficient (Wildman–Crippen LogP) is 3.44. The van der Waals surface area contributed by atoms with Gasteiger partial charge < -0.3 is 10.1 Å². The van der Waals surface area contributed by atoms with Crippen LogP contribution in [0.4, 0.5) is 0 Å². The largest absolute Gasteiger partial charge is 0.450 e. The molecule has 1 aromatic heterocycles. The van der Waals surface area contributed by atoms with Gasteiger partial charge in [-0.3, -0.25) is 15.1 Å². The maximum absolute atomic E-state index is 12.1. The van der Waals surface area contributed by atoms with Gasteiger partial charge in [0.25, 0.3) is 0 Å². The van der Waals surface area contributed by atoms with Gasteiger partial charge in [0.1, 0.15) is 6.11 Å². The molecule has 3 aromatic rings. The molecule has 5 nitrogen and oxygen atoms in total. The van der Waals surface area contributed by atoms with Gasteiger partial charge in [-0.1, -0.05) is 6.07 Å². The summed E-state index contributed by atoms with van der Waals surface area (Å²) < 4.78 is 7.22. The molecule has 1 atom stereocenters. The summed E-state index contributed by atoms with van der Waals surface area (Å²) in [5.74, 6) is 3.06. The first kappa shape index (κ1) is 16.4. The molecule has 1 fully saturated rings. The number of thiophene rings is 1. The van der Waals surface area contributed by atoms with E-state index in [1.165, 1.54) is 14.3 Å². The van der Waals surface area contributed by atoms with E-state index < -0.39 is 0 Å². The number of carbonyl (C=O) groups is 1. The van der Waals surface area contributed by atoms with Crippen molar-refractivity contribution in [1.29, 1.82) is 5.41 Å². The van der Waals surface area contributed by atoms with Gasteiger partial charge >= 0.3 is 0 Å². The summed E-state index contributed by atoms with van der Waals surface area (Å²) in [7, 11) is 3.16. The van der Waals surface area contributed by atoms with E-state index in [0.29, 0.717) is 6.42 Å². The minimum Gasteiger partial charge on any atom is -0.450 e. The summed E-state index contributed by atoms with van der Waals surface area (Å²) in [5, 5.41) is 13.3. The molecule has 0 spiro atoms. The smallest absolute Gasteiger partial charge is 0.231 e. The molecule has 26 heavy (non-hydrogen) atoms. The standard InChI is InChI=1S/C20H17N3O2S/c1-23-19(24)11-16(22-20(23)21)13-4-6-18-15(10-13)14-9-12(7-8-25-2)3-5-17(14)26-18/h3-6,9-10,16H,11H2,1-2H3,(H2,21,22). The van der Waals surface area contributed by atoms with Gasteiger partial charge in [-0.05, 0) is 41.8 Å². The van der Waals surface area contributed by atoms with Crippen LogP contribution in [0, 0.1) is 17.4 Å². The quantitative estimate of drug-likeness (QED) is 0.651. The van der Waals surface area contributed by atoms with E-state index in [9.17, 15) is 4.79 Å². The maximum Gasteiger partial charge on any atom is 0.231 e. The molecule has 1 saturated heterocycles. The van der Waals surface area contributed by atoms with Gasteiger partial charge in [-0.25, -0.2) is 0 Å². The number of rotatable bonds is 1. The van der Waals surface area contributed by atoms with Gasteiger partial charge in [-0.2, -0.15) is 0 Å². The van der Waals surface area contributed by atoms with E-state index >= 15 is 0 Å². The molecule has 0 saturated carbocycles. The van der Waals surface area contributed by atoms with Crippen LogP contribution in [0.1, 0.15) is 23.6 Å². The molecule has 2 N–H and O–H groups in total. The number of ether oxygens (including phenoxy) is 1. The summed E-state index contributed by atoms with van der Waals surface area (Å²) in [6, 6.07) is 12.2. The molecule has 1 aliphatic heterocycles. The lowest BCUT2D eigenvalue weighted by molar-refractivity contribution is -0.128. The van der Waals surface area contributed by atoms with E-state index in [1.807, 2.05) is 12.1 Å². The third-order valence-electron chi connectivity index (χ3n) is 4.59. The lowest BCUT2D eigenvalue weighted by Gasteiger charge is -2.31. The molecule has 1 unspecified atom stereocenters. The van der Waals surface area contributed by atoms with E-state index in [1.54, 1.807) is 25.5 Å². The van der Waals surface area contributed by atoms with Crippen molar-refractivity contribution >= 4 is 43.4 Å². The van der Waals surface area contributed by atoms with Gasteiger partial charge in [0.15, 0.2) is 5.96 Å². The van der Waals surface area contributed by atoms with E-state index in [2.05, 4.69) is 41.6 Å². The number of carbonyl (C=O) groups excluding carboxylic acids is 1. The molecule has 0 aliphatic carbocycles. The van der Waals surface area contributed by atoms with Crippen molar-refractivity contribution in [1.82, 2.24) is 10.2 Å². The van der Waals surface area contributed by atoms with Crippen molar-refractivity contribution in [3.8, 4) is 12.0 Å². The number of hydrogen-bond acceptors (Lipinski definition) is 4. The summed E-state index contributed by atoms with van der Waals surface area (Å²) in [6.45, 7) is 0.